The minimum atomic E-state index is -1.03. The number of nitrogens with one attached hydrogen (secondary N) is 1. The van der Waals surface area contributed by atoms with Crippen molar-refractivity contribution in [3.05, 3.63) is 34.8 Å². The lowest BCUT2D eigenvalue weighted by molar-refractivity contribution is 0.0000874. The number of phenolic OH excluding ortho intramolecular Hbond substituents is 1. The predicted molar refractivity (Wildman–Crippen MR) is 135 cm³/mol. The Labute approximate surface area is 213 Å². The number of hydrogen-bond donors (Lipinski definition) is 2. The Morgan fingerprint density at radius 2 is 2.06 bits per heavy atom. The Hall–Kier alpha value is -3.16. The summed E-state index contributed by atoms with van der Waals surface area (Å²) < 4.78 is 16.0. The molecule has 6 rings (SSSR count). The highest BCUT2D eigenvalue weighted by Crippen LogP contribution is 2.46. The molecule has 2 saturated heterocycles. The molecular formula is C26H28FN7OS. The summed E-state index contributed by atoms with van der Waals surface area (Å²) in [5, 5.41) is 34.2. The maximum Gasteiger partial charge on any atom is 0.245 e. The molecule has 0 radical (unpaired) electrons. The molecule has 10 heteroatoms. The summed E-state index contributed by atoms with van der Waals surface area (Å²) in [5.41, 5.74) is 1.63. The first-order valence-corrected chi connectivity index (χ1v) is 13.3. The summed E-state index contributed by atoms with van der Waals surface area (Å²) in [6.07, 6.45) is 6.18. The van der Waals surface area contributed by atoms with Crippen LogP contribution in [-0.4, -0.2) is 54.6 Å². The zero-order valence-corrected chi connectivity index (χ0v) is 21.1. The molecule has 3 aliphatic rings. The number of rotatable bonds is 5. The van der Waals surface area contributed by atoms with Crippen LogP contribution in [0.1, 0.15) is 57.4 Å². The van der Waals surface area contributed by atoms with Crippen LogP contribution < -0.4 is 10.2 Å². The van der Waals surface area contributed by atoms with Gasteiger partial charge in [0.25, 0.3) is 0 Å². The zero-order chi connectivity index (χ0) is 25.1. The number of nitrogens with zero attached hydrogens (tertiary/aromatic N) is 6. The lowest BCUT2D eigenvalue weighted by atomic mass is 9.68. The van der Waals surface area contributed by atoms with Crippen molar-refractivity contribution in [3.63, 3.8) is 0 Å². The largest absolute Gasteiger partial charge is 0.507 e. The van der Waals surface area contributed by atoms with E-state index in [-0.39, 0.29) is 23.4 Å². The van der Waals surface area contributed by atoms with Crippen molar-refractivity contribution in [3.8, 4) is 34.3 Å². The first kappa shape index (κ1) is 23.3. The summed E-state index contributed by atoms with van der Waals surface area (Å²) in [6.45, 7) is 4.21. The van der Waals surface area contributed by atoms with E-state index in [2.05, 4.69) is 37.3 Å². The fourth-order valence-corrected chi connectivity index (χ4v) is 6.68. The number of fused-ring (bicyclic) bond motifs is 2. The Bertz CT molecular complexity index is 1340. The van der Waals surface area contributed by atoms with Gasteiger partial charge in [-0.1, -0.05) is 6.07 Å². The number of piperidine rings is 2. The zero-order valence-electron chi connectivity index (χ0n) is 20.3. The lowest BCUT2D eigenvalue weighted by Gasteiger charge is -2.57. The van der Waals surface area contributed by atoms with Crippen LogP contribution in [0.5, 0.6) is 5.75 Å². The van der Waals surface area contributed by atoms with E-state index in [0.29, 0.717) is 39.9 Å². The van der Waals surface area contributed by atoms with Gasteiger partial charge in [-0.3, -0.25) is 0 Å². The standard InChI is InChI=1S/C26H28FN7OS/c1-25-8-3-9-26(2,33-25)23(27)20(11-25)34(16-5-6-16)24-29-13-18(31-32-24)17-7-4-15(10-21(17)35)19-14-36-22(12-28)30-19/h4,7,10,13-14,16,20,23,33,35H,3,5-6,8-9,11H2,1-2H3/t20-,23-,25-,26+/m1/s1. The number of anilines is 1. The number of benzene rings is 1. The Morgan fingerprint density at radius 3 is 2.72 bits per heavy atom. The summed E-state index contributed by atoms with van der Waals surface area (Å²) >= 11 is 1.26. The van der Waals surface area contributed by atoms with E-state index < -0.39 is 11.7 Å². The van der Waals surface area contributed by atoms with Crippen molar-refractivity contribution in [1.29, 1.82) is 5.26 Å². The number of thiazole rings is 1. The van der Waals surface area contributed by atoms with Crippen LogP contribution in [0, 0.1) is 11.3 Å². The first-order chi connectivity index (χ1) is 17.3. The van der Waals surface area contributed by atoms with Crippen LogP contribution in [0.3, 0.4) is 0 Å². The number of phenols is 1. The van der Waals surface area contributed by atoms with E-state index in [1.807, 2.05) is 19.1 Å². The molecule has 36 heavy (non-hydrogen) atoms. The summed E-state index contributed by atoms with van der Waals surface area (Å²) in [4.78, 5) is 10.9. The number of alkyl halides is 1. The molecule has 4 heterocycles. The molecule has 0 unspecified atom stereocenters. The number of hydrogen-bond acceptors (Lipinski definition) is 9. The second-order valence-electron chi connectivity index (χ2n) is 10.8. The van der Waals surface area contributed by atoms with Crippen molar-refractivity contribution >= 4 is 17.3 Å². The Balaban J connectivity index is 1.28. The third-order valence-electron chi connectivity index (χ3n) is 7.87. The van der Waals surface area contributed by atoms with Gasteiger partial charge in [-0.25, -0.2) is 14.4 Å². The van der Waals surface area contributed by atoms with Crippen molar-refractivity contribution in [2.24, 2.45) is 0 Å². The normalized spacial score (nSPS) is 29.5. The highest BCUT2D eigenvalue weighted by molar-refractivity contribution is 7.10. The highest BCUT2D eigenvalue weighted by Gasteiger charge is 2.56. The molecule has 186 valence electrons. The van der Waals surface area contributed by atoms with E-state index in [4.69, 9.17) is 5.26 Å². The molecule has 0 amide bonds. The van der Waals surface area contributed by atoms with E-state index in [0.717, 1.165) is 32.1 Å². The maximum atomic E-state index is 16.0. The average Bonchev–Trinajstić information content (AvgIpc) is 3.57. The molecule has 0 spiro atoms. The van der Waals surface area contributed by atoms with Crippen LogP contribution in [0.2, 0.25) is 0 Å². The van der Waals surface area contributed by atoms with Gasteiger partial charge in [0.2, 0.25) is 5.95 Å². The summed E-state index contributed by atoms with van der Waals surface area (Å²) in [5.74, 6) is 0.474. The fourth-order valence-electron chi connectivity index (χ4n) is 6.06. The first-order valence-electron chi connectivity index (χ1n) is 12.4. The van der Waals surface area contributed by atoms with Crippen molar-refractivity contribution in [1.82, 2.24) is 25.5 Å². The van der Waals surface area contributed by atoms with Crippen molar-refractivity contribution < 1.29 is 9.50 Å². The second kappa shape index (κ2) is 8.46. The SMILES string of the molecule is C[C@]12CCC[C@](C)(N1)[C@H](F)[C@H](N(c1ncc(-c3ccc(-c4csc(C#N)n4)cc3O)nn1)C1CC1)C2. The van der Waals surface area contributed by atoms with Gasteiger partial charge in [-0.15, -0.1) is 21.5 Å². The molecule has 8 nitrogen and oxygen atoms in total. The van der Waals surface area contributed by atoms with Gasteiger partial charge in [0.15, 0.2) is 5.01 Å². The Morgan fingerprint density at radius 1 is 1.22 bits per heavy atom. The number of nitriles is 1. The minimum Gasteiger partial charge on any atom is -0.507 e. The lowest BCUT2D eigenvalue weighted by Crippen LogP contribution is -2.73. The molecule has 4 atom stereocenters. The van der Waals surface area contributed by atoms with E-state index in [1.165, 1.54) is 11.3 Å². The molecule has 1 aromatic carbocycles. The van der Waals surface area contributed by atoms with Crippen LogP contribution in [0.4, 0.5) is 10.3 Å². The van der Waals surface area contributed by atoms with Gasteiger partial charge in [0.1, 0.15) is 23.7 Å². The van der Waals surface area contributed by atoms with Crippen LogP contribution in [0.15, 0.2) is 29.8 Å². The second-order valence-corrected chi connectivity index (χ2v) is 11.7. The smallest absolute Gasteiger partial charge is 0.245 e. The van der Waals surface area contributed by atoms with Crippen molar-refractivity contribution in [2.45, 2.75) is 81.7 Å². The fraction of sp³-hybridized carbons (Fsp3) is 0.500. The maximum absolute atomic E-state index is 16.0. The Kier molecular flexibility index (Phi) is 5.46. The molecule has 2 aliphatic heterocycles. The minimum absolute atomic E-state index is 0.0257. The summed E-state index contributed by atoms with van der Waals surface area (Å²) in [6, 6.07) is 7.12. The molecular weight excluding hydrogens is 477 g/mol. The molecule has 1 aliphatic carbocycles. The topological polar surface area (TPSA) is 111 Å². The third kappa shape index (κ3) is 4.00. The van der Waals surface area contributed by atoms with E-state index in [9.17, 15) is 5.11 Å². The van der Waals surface area contributed by atoms with Gasteiger partial charge in [-0.05, 0) is 64.5 Å². The van der Waals surface area contributed by atoms with Gasteiger partial charge in [0.05, 0.1) is 17.9 Å². The molecule has 3 fully saturated rings. The summed E-state index contributed by atoms with van der Waals surface area (Å²) in [7, 11) is 0. The monoisotopic (exact) mass is 505 g/mol. The number of halogens is 1. The van der Waals surface area contributed by atoms with Crippen molar-refractivity contribution in [2.75, 3.05) is 4.90 Å². The van der Waals surface area contributed by atoms with E-state index >= 15 is 4.39 Å². The molecule has 2 aromatic heterocycles. The third-order valence-corrected chi connectivity index (χ3v) is 8.61. The predicted octanol–water partition coefficient (Wildman–Crippen LogP) is 4.61. The number of aromatic nitrogens is 4. The quantitative estimate of drug-likeness (QED) is 0.517. The number of aromatic hydroxyl groups is 1. The molecule has 2 bridgehead atoms. The van der Waals surface area contributed by atoms with Gasteiger partial charge < -0.3 is 15.3 Å². The molecule has 1 saturated carbocycles. The van der Waals surface area contributed by atoms with Gasteiger partial charge in [0, 0.05) is 33.6 Å². The average molecular weight is 506 g/mol. The van der Waals surface area contributed by atoms with E-state index in [1.54, 1.807) is 23.7 Å². The van der Waals surface area contributed by atoms with Gasteiger partial charge >= 0.3 is 0 Å². The van der Waals surface area contributed by atoms with Crippen LogP contribution in [0.25, 0.3) is 22.5 Å². The molecule has 2 N–H and O–H groups in total. The molecule has 3 aromatic rings. The highest BCUT2D eigenvalue weighted by atomic mass is 32.1. The van der Waals surface area contributed by atoms with Crippen LogP contribution >= 0.6 is 11.3 Å². The van der Waals surface area contributed by atoms with Gasteiger partial charge in [-0.2, -0.15) is 5.26 Å². The van der Waals surface area contributed by atoms with Crippen LogP contribution in [-0.2, 0) is 0 Å².